The van der Waals surface area contributed by atoms with Gasteiger partial charge in [0.1, 0.15) is 11.3 Å². The lowest BCUT2D eigenvalue weighted by atomic mass is 10.2. The Hall–Kier alpha value is -2.53. The van der Waals surface area contributed by atoms with Crippen LogP contribution in [0.2, 0.25) is 5.02 Å². The van der Waals surface area contributed by atoms with Crippen molar-refractivity contribution in [3.63, 3.8) is 0 Å². The van der Waals surface area contributed by atoms with Gasteiger partial charge in [0.15, 0.2) is 5.58 Å². The smallest absolute Gasteiger partial charge is 0.337 e. The predicted octanol–water partition coefficient (Wildman–Crippen LogP) is 3.64. The number of phenolic OH excluding ortho intramolecular Hbond substituents is 1. The molecule has 0 unspecified atom stereocenters. The molecule has 6 heteroatoms. The minimum Gasteiger partial charge on any atom is -0.506 e. The standard InChI is InChI=1S/C15H10ClNO4/c1-20-15(19)9-3-5-13-11(7-9)17-14(21-13)8-2-4-12(18)10(16)6-8/h2-7,18H,1H3. The average molecular weight is 304 g/mol. The van der Waals surface area contributed by atoms with Gasteiger partial charge in [-0.1, -0.05) is 11.6 Å². The highest BCUT2D eigenvalue weighted by atomic mass is 35.5. The molecule has 2 aromatic carbocycles. The third-order valence-corrected chi connectivity index (χ3v) is 3.31. The summed E-state index contributed by atoms with van der Waals surface area (Å²) in [4.78, 5) is 15.8. The average Bonchev–Trinajstić information content (AvgIpc) is 2.92. The molecule has 21 heavy (non-hydrogen) atoms. The fourth-order valence-electron chi connectivity index (χ4n) is 1.94. The number of benzene rings is 2. The monoisotopic (exact) mass is 303 g/mol. The van der Waals surface area contributed by atoms with Crippen LogP contribution in [0.25, 0.3) is 22.6 Å². The summed E-state index contributed by atoms with van der Waals surface area (Å²) in [7, 11) is 1.32. The molecule has 0 fully saturated rings. The van der Waals surface area contributed by atoms with Crippen LogP contribution in [0.1, 0.15) is 10.4 Å². The third-order valence-electron chi connectivity index (χ3n) is 3.00. The summed E-state index contributed by atoms with van der Waals surface area (Å²) in [6, 6.07) is 9.52. The second-order valence-corrected chi connectivity index (χ2v) is 4.77. The number of carbonyl (C=O) groups excluding carboxylic acids is 1. The van der Waals surface area contributed by atoms with E-state index in [1.165, 1.54) is 13.2 Å². The maximum atomic E-state index is 11.5. The fraction of sp³-hybridized carbons (Fsp3) is 0.0667. The Balaban J connectivity index is 2.08. The summed E-state index contributed by atoms with van der Waals surface area (Å²) in [5, 5.41) is 9.63. The number of aromatic hydroxyl groups is 1. The van der Waals surface area contributed by atoms with E-state index in [0.29, 0.717) is 28.1 Å². The number of hydrogen-bond donors (Lipinski definition) is 1. The Morgan fingerprint density at radius 3 is 2.81 bits per heavy atom. The van der Waals surface area contributed by atoms with Crippen molar-refractivity contribution in [2.75, 3.05) is 7.11 Å². The van der Waals surface area contributed by atoms with Gasteiger partial charge in [-0.05, 0) is 36.4 Å². The van der Waals surface area contributed by atoms with E-state index < -0.39 is 5.97 Å². The number of halogens is 1. The molecule has 0 saturated heterocycles. The number of aromatic nitrogens is 1. The van der Waals surface area contributed by atoms with Crippen molar-refractivity contribution in [1.29, 1.82) is 0 Å². The van der Waals surface area contributed by atoms with Crippen molar-refractivity contribution >= 4 is 28.7 Å². The van der Waals surface area contributed by atoms with E-state index >= 15 is 0 Å². The number of ether oxygens (including phenoxy) is 1. The molecule has 1 N–H and O–H groups in total. The highest BCUT2D eigenvalue weighted by molar-refractivity contribution is 6.32. The Labute approximate surface area is 124 Å². The summed E-state index contributed by atoms with van der Waals surface area (Å²) >= 11 is 5.87. The molecule has 0 radical (unpaired) electrons. The zero-order valence-corrected chi connectivity index (χ0v) is 11.7. The second-order valence-electron chi connectivity index (χ2n) is 4.36. The maximum absolute atomic E-state index is 11.5. The van der Waals surface area contributed by atoms with Crippen LogP contribution in [0.5, 0.6) is 5.75 Å². The molecule has 106 valence electrons. The van der Waals surface area contributed by atoms with E-state index in [4.69, 9.17) is 16.0 Å². The van der Waals surface area contributed by atoms with Crippen LogP contribution in [-0.2, 0) is 4.74 Å². The van der Waals surface area contributed by atoms with Gasteiger partial charge in [-0.2, -0.15) is 0 Å². The molecule has 0 aliphatic heterocycles. The van der Waals surface area contributed by atoms with Crippen molar-refractivity contribution in [3.05, 3.63) is 47.0 Å². The molecule has 0 bridgehead atoms. The normalized spacial score (nSPS) is 10.8. The fourth-order valence-corrected chi connectivity index (χ4v) is 2.12. The molecule has 0 aliphatic carbocycles. The highest BCUT2D eigenvalue weighted by Gasteiger charge is 2.13. The van der Waals surface area contributed by atoms with E-state index in [1.807, 2.05) is 0 Å². The largest absolute Gasteiger partial charge is 0.506 e. The molecule has 1 aromatic heterocycles. The summed E-state index contributed by atoms with van der Waals surface area (Å²) in [5.74, 6) is -0.0902. The molecule has 0 aliphatic rings. The minimum atomic E-state index is -0.436. The van der Waals surface area contributed by atoms with Gasteiger partial charge < -0.3 is 14.3 Å². The van der Waals surface area contributed by atoms with Gasteiger partial charge in [-0.25, -0.2) is 9.78 Å². The zero-order chi connectivity index (χ0) is 15.0. The molecule has 0 atom stereocenters. The summed E-state index contributed by atoms with van der Waals surface area (Å²) < 4.78 is 10.3. The van der Waals surface area contributed by atoms with Crippen molar-refractivity contribution in [2.24, 2.45) is 0 Å². The molecule has 1 heterocycles. The van der Waals surface area contributed by atoms with Crippen LogP contribution < -0.4 is 0 Å². The topological polar surface area (TPSA) is 72.6 Å². The lowest BCUT2D eigenvalue weighted by molar-refractivity contribution is 0.0601. The Kier molecular flexibility index (Phi) is 3.27. The predicted molar refractivity (Wildman–Crippen MR) is 77.5 cm³/mol. The van der Waals surface area contributed by atoms with Crippen molar-refractivity contribution in [1.82, 2.24) is 4.98 Å². The summed E-state index contributed by atoms with van der Waals surface area (Å²) in [6.45, 7) is 0. The van der Waals surface area contributed by atoms with Gasteiger partial charge >= 0.3 is 5.97 Å². The molecule has 3 aromatic rings. The van der Waals surface area contributed by atoms with Gasteiger partial charge in [0.05, 0.1) is 17.7 Å². The number of oxazole rings is 1. The lowest BCUT2D eigenvalue weighted by Gasteiger charge is -1.98. The van der Waals surface area contributed by atoms with Gasteiger partial charge in [0.2, 0.25) is 5.89 Å². The summed E-state index contributed by atoms with van der Waals surface area (Å²) in [6.07, 6.45) is 0. The first-order valence-corrected chi connectivity index (χ1v) is 6.44. The molecule has 0 amide bonds. The van der Waals surface area contributed by atoms with Crippen LogP contribution in [0.4, 0.5) is 0 Å². The Morgan fingerprint density at radius 2 is 2.10 bits per heavy atom. The van der Waals surface area contributed by atoms with Crippen molar-refractivity contribution in [2.45, 2.75) is 0 Å². The maximum Gasteiger partial charge on any atom is 0.337 e. The SMILES string of the molecule is COC(=O)c1ccc2oc(-c3ccc(O)c(Cl)c3)nc2c1. The highest BCUT2D eigenvalue weighted by Crippen LogP contribution is 2.31. The number of fused-ring (bicyclic) bond motifs is 1. The van der Waals surface area contributed by atoms with E-state index in [2.05, 4.69) is 9.72 Å². The summed E-state index contributed by atoms with van der Waals surface area (Å²) in [5.41, 5.74) is 2.11. The Bertz CT molecular complexity index is 841. The van der Waals surface area contributed by atoms with E-state index in [1.54, 1.807) is 30.3 Å². The molecule has 3 rings (SSSR count). The second kappa shape index (κ2) is 5.10. The van der Waals surface area contributed by atoms with E-state index in [-0.39, 0.29) is 10.8 Å². The zero-order valence-electron chi connectivity index (χ0n) is 11.0. The number of phenols is 1. The number of methoxy groups -OCH3 is 1. The van der Waals surface area contributed by atoms with Gasteiger partial charge in [-0.15, -0.1) is 0 Å². The number of rotatable bonds is 2. The van der Waals surface area contributed by atoms with Crippen LogP contribution in [0.15, 0.2) is 40.8 Å². The van der Waals surface area contributed by atoms with Crippen molar-refractivity contribution < 1.29 is 19.1 Å². The Morgan fingerprint density at radius 1 is 1.29 bits per heavy atom. The molecule has 0 spiro atoms. The quantitative estimate of drug-likeness (QED) is 0.732. The minimum absolute atomic E-state index is 0.00972. The molecular formula is C15H10ClNO4. The van der Waals surface area contributed by atoms with E-state index in [9.17, 15) is 9.90 Å². The van der Waals surface area contributed by atoms with Crippen LogP contribution in [0.3, 0.4) is 0 Å². The number of esters is 1. The lowest BCUT2D eigenvalue weighted by Crippen LogP contribution is -2.00. The van der Waals surface area contributed by atoms with Crippen LogP contribution in [0, 0.1) is 0 Å². The van der Waals surface area contributed by atoms with Crippen molar-refractivity contribution in [3.8, 4) is 17.2 Å². The van der Waals surface area contributed by atoms with Crippen LogP contribution >= 0.6 is 11.6 Å². The molecular weight excluding hydrogens is 294 g/mol. The van der Waals surface area contributed by atoms with E-state index in [0.717, 1.165) is 0 Å². The number of nitrogens with zero attached hydrogens (tertiary/aromatic N) is 1. The molecule has 0 saturated carbocycles. The first-order valence-electron chi connectivity index (χ1n) is 6.06. The van der Waals surface area contributed by atoms with Gasteiger partial charge in [0, 0.05) is 5.56 Å². The first-order chi connectivity index (χ1) is 10.1. The number of hydrogen-bond acceptors (Lipinski definition) is 5. The van der Waals surface area contributed by atoms with Gasteiger partial charge in [0.25, 0.3) is 0 Å². The number of carbonyl (C=O) groups is 1. The first kappa shape index (κ1) is 13.5. The van der Waals surface area contributed by atoms with Crippen LogP contribution in [-0.4, -0.2) is 23.2 Å². The molecule has 5 nitrogen and oxygen atoms in total. The third kappa shape index (κ3) is 2.43. The van der Waals surface area contributed by atoms with Gasteiger partial charge in [-0.3, -0.25) is 0 Å².